The highest BCUT2D eigenvalue weighted by atomic mass is 16.2. The fourth-order valence-corrected chi connectivity index (χ4v) is 1.66. The molecule has 92 valence electrons. The molecular weight excluding hydrogens is 218 g/mol. The highest BCUT2D eigenvalue weighted by Gasteiger charge is 2.33. The van der Waals surface area contributed by atoms with E-state index in [0.29, 0.717) is 0 Å². The van der Waals surface area contributed by atoms with Gasteiger partial charge in [0.2, 0.25) is 5.91 Å². The zero-order valence-corrected chi connectivity index (χ0v) is 9.68. The van der Waals surface area contributed by atoms with Gasteiger partial charge in [0.1, 0.15) is 5.84 Å². The molecule has 0 aliphatic carbocycles. The molecule has 0 spiro atoms. The first-order chi connectivity index (χ1) is 8.04. The Morgan fingerprint density at radius 2 is 2.00 bits per heavy atom. The normalized spacial score (nSPS) is 15.1. The summed E-state index contributed by atoms with van der Waals surface area (Å²) in [6.45, 7) is 1.79. The van der Waals surface area contributed by atoms with Gasteiger partial charge in [-0.25, -0.2) is 5.84 Å². The van der Waals surface area contributed by atoms with Crippen molar-refractivity contribution in [3.63, 3.8) is 0 Å². The Hall–Kier alpha value is -2.08. The fraction of sp³-hybridized carbons (Fsp3) is 0.273. The third kappa shape index (κ3) is 2.73. The molecule has 0 saturated heterocycles. The standard InChI is InChI=1S/C11H17N5O/c1-11(10(12)16-14,7-9(17)15-13)8-5-3-2-4-6-8/h2-6H,7,13-14H2,1H3,(H2,12,16)(H,15,17). The van der Waals surface area contributed by atoms with Crippen LogP contribution in [0.4, 0.5) is 0 Å². The number of hydrazine groups is 1. The van der Waals surface area contributed by atoms with Gasteiger partial charge in [0, 0.05) is 6.42 Å². The van der Waals surface area contributed by atoms with Crippen molar-refractivity contribution in [1.29, 1.82) is 0 Å². The Morgan fingerprint density at radius 1 is 1.41 bits per heavy atom. The molecule has 0 bridgehead atoms. The lowest BCUT2D eigenvalue weighted by Gasteiger charge is -2.28. The molecule has 0 fully saturated rings. The molecule has 0 saturated carbocycles. The van der Waals surface area contributed by atoms with Gasteiger partial charge >= 0.3 is 0 Å². The van der Waals surface area contributed by atoms with Gasteiger partial charge in [-0.3, -0.25) is 10.2 Å². The molecule has 0 radical (unpaired) electrons. The van der Waals surface area contributed by atoms with Crippen LogP contribution in [0.15, 0.2) is 35.4 Å². The molecule has 17 heavy (non-hydrogen) atoms. The molecule has 6 heteroatoms. The summed E-state index contributed by atoms with van der Waals surface area (Å²) in [6, 6.07) is 9.32. The third-order valence-electron chi connectivity index (χ3n) is 2.79. The predicted molar refractivity (Wildman–Crippen MR) is 66.6 cm³/mol. The number of benzene rings is 1. The second kappa shape index (κ2) is 5.31. The maximum absolute atomic E-state index is 11.4. The number of carbonyl (C=O) groups excluding carboxylic acids is 1. The van der Waals surface area contributed by atoms with E-state index in [-0.39, 0.29) is 18.2 Å². The molecule has 1 atom stereocenters. The summed E-state index contributed by atoms with van der Waals surface area (Å²) in [5.41, 5.74) is 7.96. The number of rotatable bonds is 4. The van der Waals surface area contributed by atoms with Gasteiger partial charge in [0.25, 0.3) is 0 Å². The lowest BCUT2D eigenvalue weighted by molar-refractivity contribution is -0.121. The lowest BCUT2D eigenvalue weighted by Crippen LogP contribution is -2.44. The molecule has 0 aliphatic heterocycles. The predicted octanol–water partition coefficient (Wildman–Crippen LogP) is -0.445. The van der Waals surface area contributed by atoms with Gasteiger partial charge in [0.05, 0.1) is 5.41 Å². The van der Waals surface area contributed by atoms with E-state index >= 15 is 0 Å². The van der Waals surface area contributed by atoms with Crippen molar-refractivity contribution < 1.29 is 4.79 Å². The van der Waals surface area contributed by atoms with Crippen molar-refractivity contribution in [2.45, 2.75) is 18.8 Å². The van der Waals surface area contributed by atoms with E-state index in [4.69, 9.17) is 17.4 Å². The Kier molecular flexibility index (Phi) is 4.06. The van der Waals surface area contributed by atoms with E-state index in [1.807, 2.05) is 30.3 Å². The van der Waals surface area contributed by atoms with Gasteiger partial charge in [-0.05, 0) is 12.5 Å². The molecular formula is C11H17N5O. The molecule has 1 rings (SSSR count). The van der Waals surface area contributed by atoms with Crippen LogP contribution < -0.4 is 22.8 Å². The number of hydrogen-bond donors (Lipinski definition) is 4. The van der Waals surface area contributed by atoms with Crippen LogP contribution in [-0.2, 0) is 10.2 Å². The first-order valence-corrected chi connectivity index (χ1v) is 5.13. The first-order valence-electron chi connectivity index (χ1n) is 5.13. The average molecular weight is 235 g/mol. The lowest BCUT2D eigenvalue weighted by atomic mass is 9.78. The fourth-order valence-electron chi connectivity index (χ4n) is 1.66. The summed E-state index contributed by atoms with van der Waals surface area (Å²) < 4.78 is 0. The summed E-state index contributed by atoms with van der Waals surface area (Å²) in [5.74, 6) is 10.2. The Labute approximate surface area is 99.8 Å². The number of nitrogens with zero attached hydrogens (tertiary/aromatic N) is 1. The average Bonchev–Trinajstić information content (AvgIpc) is 2.38. The number of nitrogens with two attached hydrogens (primary N) is 3. The monoisotopic (exact) mass is 235 g/mol. The molecule has 7 N–H and O–H groups in total. The molecule has 1 unspecified atom stereocenters. The zero-order chi connectivity index (χ0) is 12.9. The summed E-state index contributed by atoms with van der Waals surface area (Å²) >= 11 is 0. The maximum Gasteiger partial charge on any atom is 0.235 e. The van der Waals surface area contributed by atoms with Gasteiger partial charge < -0.3 is 11.6 Å². The number of carbonyl (C=O) groups is 1. The summed E-state index contributed by atoms with van der Waals surface area (Å²) in [7, 11) is 0. The molecule has 1 amide bonds. The molecule has 6 nitrogen and oxygen atoms in total. The van der Waals surface area contributed by atoms with E-state index in [0.717, 1.165) is 5.56 Å². The van der Waals surface area contributed by atoms with Crippen molar-refractivity contribution in [2.24, 2.45) is 22.5 Å². The molecule has 1 aromatic carbocycles. The van der Waals surface area contributed by atoms with E-state index < -0.39 is 5.41 Å². The Morgan fingerprint density at radius 3 is 2.47 bits per heavy atom. The van der Waals surface area contributed by atoms with E-state index in [1.165, 1.54) is 0 Å². The topological polar surface area (TPSA) is 120 Å². The minimum atomic E-state index is -0.764. The van der Waals surface area contributed by atoms with E-state index in [9.17, 15) is 4.79 Å². The van der Waals surface area contributed by atoms with Crippen LogP contribution in [0.2, 0.25) is 0 Å². The van der Waals surface area contributed by atoms with Crippen molar-refractivity contribution in [2.75, 3.05) is 0 Å². The van der Waals surface area contributed by atoms with Crippen LogP contribution in [0.3, 0.4) is 0 Å². The molecule has 0 heterocycles. The van der Waals surface area contributed by atoms with E-state index in [1.54, 1.807) is 6.92 Å². The van der Waals surface area contributed by atoms with Gasteiger partial charge in [-0.1, -0.05) is 30.3 Å². The van der Waals surface area contributed by atoms with Crippen molar-refractivity contribution in [3.8, 4) is 0 Å². The molecule has 0 aliphatic rings. The highest BCUT2D eigenvalue weighted by Crippen LogP contribution is 2.27. The van der Waals surface area contributed by atoms with Crippen molar-refractivity contribution >= 4 is 11.7 Å². The summed E-state index contributed by atoms with van der Waals surface area (Å²) in [5, 5.41) is 3.50. The van der Waals surface area contributed by atoms with Crippen LogP contribution in [-0.4, -0.2) is 11.7 Å². The number of amides is 1. The van der Waals surface area contributed by atoms with Gasteiger partial charge in [-0.15, -0.1) is 0 Å². The van der Waals surface area contributed by atoms with Crippen LogP contribution in [0.25, 0.3) is 0 Å². The van der Waals surface area contributed by atoms with Crippen molar-refractivity contribution in [3.05, 3.63) is 35.9 Å². The first kappa shape index (κ1) is 13.0. The van der Waals surface area contributed by atoms with Crippen LogP contribution in [0.5, 0.6) is 0 Å². The quantitative estimate of drug-likeness (QED) is 0.186. The maximum atomic E-state index is 11.4. The van der Waals surface area contributed by atoms with Gasteiger partial charge in [-0.2, -0.15) is 5.10 Å². The number of nitrogens with one attached hydrogen (secondary N) is 1. The summed E-state index contributed by atoms with van der Waals surface area (Å²) in [6.07, 6.45) is 0.0834. The SMILES string of the molecule is CC(CC(=O)NN)(/C(N)=N\N)c1ccccc1. The molecule has 0 aromatic heterocycles. The Balaban J connectivity index is 3.16. The second-order valence-electron chi connectivity index (χ2n) is 3.96. The number of hydrogen-bond acceptors (Lipinski definition) is 4. The second-order valence-corrected chi connectivity index (χ2v) is 3.96. The minimum Gasteiger partial charge on any atom is -0.385 e. The largest absolute Gasteiger partial charge is 0.385 e. The van der Waals surface area contributed by atoms with Crippen LogP contribution in [0, 0.1) is 0 Å². The van der Waals surface area contributed by atoms with Gasteiger partial charge in [0.15, 0.2) is 0 Å². The molecule has 1 aromatic rings. The van der Waals surface area contributed by atoms with E-state index in [2.05, 4.69) is 10.5 Å². The minimum absolute atomic E-state index is 0.0834. The number of hydrazone groups is 1. The van der Waals surface area contributed by atoms with Crippen LogP contribution >= 0.6 is 0 Å². The van der Waals surface area contributed by atoms with Crippen molar-refractivity contribution in [1.82, 2.24) is 5.43 Å². The van der Waals surface area contributed by atoms with Crippen LogP contribution in [0.1, 0.15) is 18.9 Å². The highest BCUT2D eigenvalue weighted by molar-refractivity contribution is 5.95. The third-order valence-corrected chi connectivity index (χ3v) is 2.79. The Bertz CT molecular complexity index is 417. The smallest absolute Gasteiger partial charge is 0.235 e. The zero-order valence-electron chi connectivity index (χ0n) is 9.68. The summed E-state index contributed by atoms with van der Waals surface area (Å²) in [4.78, 5) is 11.4. The number of amidine groups is 1.